The zero-order valence-electron chi connectivity index (χ0n) is 16.0. The number of rotatable bonds is 4. The number of amides is 1. The summed E-state index contributed by atoms with van der Waals surface area (Å²) in [7, 11) is 0. The molecular weight excluding hydrogens is 376 g/mol. The van der Waals surface area contributed by atoms with Gasteiger partial charge in [-0.3, -0.25) is 9.59 Å². The zero-order valence-corrected chi connectivity index (χ0v) is 16.0. The van der Waals surface area contributed by atoms with Crippen LogP contribution in [0.4, 0.5) is 14.6 Å². The molecule has 0 spiro atoms. The highest BCUT2D eigenvalue weighted by molar-refractivity contribution is 6.08. The summed E-state index contributed by atoms with van der Waals surface area (Å²) in [6, 6.07) is 10.4. The molecule has 7 heteroatoms. The highest BCUT2D eigenvalue weighted by atomic mass is 19.1. The predicted molar refractivity (Wildman–Crippen MR) is 104 cm³/mol. The van der Waals surface area contributed by atoms with E-state index < -0.39 is 17.6 Å². The molecule has 1 amide bonds. The number of hydrogen-bond acceptors (Lipinski definition) is 3. The lowest BCUT2D eigenvalue weighted by Crippen LogP contribution is -2.28. The number of nitrogens with zero attached hydrogens (tertiary/aromatic N) is 2. The number of carbonyl (C=O) groups is 2. The van der Waals surface area contributed by atoms with Crippen molar-refractivity contribution in [2.75, 3.05) is 5.32 Å². The second-order valence-corrected chi connectivity index (χ2v) is 7.07. The van der Waals surface area contributed by atoms with Crippen LogP contribution in [0.25, 0.3) is 5.69 Å². The number of benzene rings is 2. The molecule has 0 saturated carbocycles. The number of Topliss-reactive ketones (excluding diaryl/α,β-unsaturated/α-hetero) is 1. The molecule has 5 nitrogen and oxygen atoms in total. The number of ketones is 1. The number of nitrogens with one attached hydrogen (secondary N) is 1. The van der Waals surface area contributed by atoms with Gasteiger partial charge in [-0.05, 0) is 31.0 Å². The van der Waals surface area contributed by atoms with E-state index in [2.05, 4.69) is 10.4 Å². The van der Waals surface area contributed by atoms with E-state index in [9.17, 15) is 18.4 Å². The normalized spacial score (nSPS) is 15.7. The largest absolute Gasteiger partial charge is 0.310 e. The van der Waals surface area contributed by atoms with Crippen LogP contribution in [-0.2, 0) is 11.2 Å². The number of hydrogen-bond donors (Lipinski definition) is 1. The van der Waals surface area contributed by atoms with Crippen molar-refractivity contribution in [3.8, 4) is 5.69 Å². The summed E-state index contributed by atoms with van der Waals surface area (Å²) in [6.45, 7) is 3.73. The minimum absolute atomic E-state index is 0.00329. The molecule has 0 aliphatic carbocycles. The van der Waals surface area contributed by atoms with Crippen molar-refractivity contribution in [3.63, 3.8) is 0 Å². The summed E-state index contributed by atoms with van der Waals surface area (Å²) in [5.74, 6) is -2.54. The van der Waals surface area contributed by atoms with Gasteiger partial charge in [0.05, 0.1) is 11.6 Å². The third kappa shape index (κ3) is 3.33. The fraction of sp³-hybridized carbons (Fsp3) is 0.227. The topological polar surface area (TPSA) is 64.0 Å². The van der Waals surface area contributed by atoms with E-state index in [-0.39, 0.29) is 29.6 Å². The van der Waals surface area contributed by atoms with Crippen LogP contribution in [0.1, 0.15) is 46.4 Å². The molecule has 0 radical (unpaired) electrons. The Hall–Kier alpha value is -3.35. The summed E-state index contributed by atoms with van der Waals surface area (Å²) in [4.78, 5) is 25.5. The fourth-order valence-electron chi connectivity index (χ4n) is 3.70. The first-order chi connectivity index (χ1) is 13.9. The Bertz CT molecular complexity index is 1120. The van der Waals surface area contributed by atoms with Gasteiger partial charge in [0, 0.05) is 23.6 Å². The Morgan fingerprint density at radius 2 is 1.93 bits per heavy atom. The van der Waals surface area contributed by atoms with Crippen LogP contribution in [-0.4, -0.2) is 21.5 Å². The second-order valence-electron chi connectivity index (χ2n) is 7.07. The summed E-state index contributed by atoms with van der Waals surface area (Å²) in [5, 5.41) is 7.02. The van der Waals surface area contributed by atoms with Gasteiger partial charge in [0.25, 0.3) is 0 Å². The molecule has 0 saturated heterocycles. The second kappa shape index (κ2) is 7.24. The van der Waals surface area contributed by atoms with E-state index in [1.54, 1.807) is 19.1 Å². The predicted octanol–water partition coefficient (Wildman–Crippen LogP) is 4.33. The first kappa shape index (κ1) is 19.0. The minimum atomic E-state index is -0.812. The van der Waals surface area contributed by atoms with E-state index >= 15 is 0 Å². The van der Waals surface area contributed by atoms with Gasteiger partial charge in [0.15, 0.2) is 11.6 Å². The van der Waals surface area contributed by atoms with Crippen molar-refractivity contribution in [1.82, 2.24) is 9.78 Å². The van der Waals surface area contributed by atoms with Crippen molar-refractivity contribution < 1.29 is 18.4 Å². The Morgan fingerprint density at radius 3 is 2.59 bits per heavy atom. The number of aromatic nitrogens is 2. The van der Waals surface area contributed by atoms with E-state index in [1.807, 2.05) is 19.1 Å². The zero-order chi connectivity index (χ0) is 20.7. The molecule has 4 rings (SSSR count). The van der Waals surface area contributed by atoms with Gasteiger partial charge in [-0.15, -0.1) is 0 Å². The number of halogens is 2. The van der Waals surface area contributed by atoms with Crippen molar-refractivity contribution in [2.24, 2.45) is 0 Å². The summed E-state index contributed by atoms with van der Waals surface area (Å²) in [5.41, 5.74) is 2.67. The Morgan fingerprint density at radius 1 is 1.21 bits per heavy atom. The monoisotopic (exact) mass is 395 g/mol. The van der Waals surface area contributed by atoms with Crippen LogP contribution in [0.5, 0.6) is 0 Å². The van der Waals surface area contributed by atoms with E-state index in [1.165, 1.54) is 10.7 Å². The smallest absolute Gasteiger partial charge is 0.226 e. The summed E-state index contributed by atoms with van der Waals surface area (Å²) < 4.78 is 28.8. The fourth-order valence-corrected chi connectivity index (χ4v) is 3.70. The highest BCUT2D eigenvalue weighted by Gasteiger charge is 2.36. The third-order valence-electron chi connectivity index (χ3n) is 5.20. The van der Waals surface area contributed by atoms with Crippen LogP contribution in [0.15, 0.2) is 42.5 Å². The highest BCUT2D eigenvalue weighted by Crippen LogP contribution is 2.38. The molecule has 1 aliphatic heterocycles. The Kier molecular flexibility index (Phi) is 4.74. The van der Waals surface area contributed by atoms with Crippen LogP contribution in [0, 0.1) is 18.6 Å². The first-order valence-electron chi connectivity index (χ1n) is 9.37. The Balaban J connectivity index is 1.80. The summed E-state index contributed by atoms with van der Waals surface area (Å²) >= 11 is 0. The SMILES string of the molecule is CCc1ccc(C(=O)C2CC(=O)Nc3c2c(C)nn3-c2ccc(F)cc2F)cc1. The van der Waals surface area contributed by atoms with Crippen LogP contribution < -0.4 is 5.32 Å². The molecule has 29 heavy (non-hydrogen) atoms. The number of aryl methyl sites for hydroxylation is 2. The van der Waals surface area contributed by atoms with Gasteiger partial charge < -0.3 is 5.32 Å². The van der Waals surface area contributed by atoms with Crippen molar-refractivity contribution in [2.45, 2.75) is 32.6 Å². The summed E-state index contributed by atoms with van der Waals surface area (Å²) in [6.07, 6.45) is 0.847. The molecule has 1 N–H and O–H groups in total. The van der Waals surface area contributed by atoms with Gasteiger partial charge in [0.2, 0.25) is 5.91 Å². The maximum atomic E-state index is 14.3. The Labute approximate surface area is 166 Å². The first-order valence-corrected chi connectivity index (χ1v) is 9.37. The number of carbonyl (C=O) groups excluding carboxylic acids is 2. The lowest BCUT2D eigenvalue weighted by Gasteiger charge is -2.23. The maximum absolute atomic E-state index is 14.3. The average Bonchev–Trinajstić information content (AvgIpc) is 3.03. The van der Waals surface area contributed by atoms with E-state index in [0.717, 1.165) is 24.1 Å². The van der Waals surface area contributed by atoms with Gasteiger partial charge in [-0.25, -0.2) is 13.5 Å². The molecule has 148 valence electrons. The minimum Gasteiger partial charge on any atom is -0.310 e. The lowest BCUT2D eigenvalue weighted by atomic mass is 9.85. The van der Waals surface area contributed by atoms with Gasteiger partial charge in [-0.2, -0.15) is 5.10 Å². The molecule has 2 heterocycles. The van der Waals surface area contributed by atoms with Gasteiger partial charge in [-0.1, -0.05) is 31.2 Å². The molecule has 0 bridgehead atoms. The molecule has 2 aromatic carbocycles. The number of anilines is 1. The quantitative estimate of drug-likeness (QED) is 0.669. The van der Waals surface area contributed by atoms with Crippen molar-refractivity contribution in [3.05, 3.63) is 76.5 Å². The molecule has 1 unspecified atom stereocenters. The molecule has 0 fully saturated rings. The standard InChI is InChI=1S/C22H19F2N3O2/c1-3-13-4-6-14(7-5-13)21(29)16-11-19(28)25-22-20(16)12(2)26-27(22)18-9-8-15(23)10-17(18)24/h4-10,16H,3,11H2,1-2H3,(H,25,28). The molecule has 3 aromatic rings. The molecule has 1 atom stereocenters. The van der Waals surface area contributed by atoms with Gasteiger partial charge >= 0.3 is 0 Å². The van der Waals surface area contributed by atoms with Crippen molar-refractivity contribution in [1.29, 1.82) is 0 Å². The van der Waals surface area contributed by atoms with Gasteiger partial charge in [0.1, 0.15) is 17.3 Å². The average molecular weight is 395 g/mol. The van der Waals surface area contributed by atoms with Crippen LogP contribution in [0.2, 0.25) is 0 Å². The van der Waals surface area contributed by atoms with Crippen LogP contribution >= 0.6 is 0 Å². The molecule has 1 aromatic heterocycles. The third-order valence-corrected chi connectivity index (χ3v) is 5.20. The maximum Gasteiger partial charge on any atom is 0.226 e. The van der Waals surface area contributed by atoms with Crippen LogP contribution in [0.3, 0.4) is 0 Å². The van der Waals surface area contributed by atoms with E-state index in [0.29, 0.717) is 16.8 Å². The molecule has 1 aliphatic rings. The van der Waals surface area contributed by atoms with Crippen molar-refractivity contribution >= 4 is 17.5 Å². The van der Waals surface area contributed by atoms with E-state index in [4.69, 9.17) is 0 Å². The number of fused-ring (bicyclic) bond motifs is 1. The lowest BCUT2D eigenvalue weighted by molar-refractivity contribution is -0.116. The molecular formula is C22H19F2N3O2.